The predicted molar refractivity (Wildman–Crippen MR) is 96.7 cm³/mol. The minimum Gasteiger partial charge on any atom is -0.445 e. The van der Waals surface area contributed by atoms with Crippen LogP contribution in [0.2, 0.25) is 0 Å². The van der Waals surface area contributed by atoms with E-state index in [0.29, 0.717) is 23.8 Å². The molecule has 11 heteroatoms. The van der Waals surface area contributed by atoms with Gasteiger partial charge in [-0.25, -0.2) is 4.79 Å². The molecule has 0 aliphatic rings. The summed E-state index contributed by atoms with van der Waals surface area (Å²) in [5, 5.41) is 22.3. The van der Waals surface area contributed by atoms with E-state index in [0.717, 1.165) is 0 Å². The van der Waals surface area contributed by atoms with Crippen LogP contribution in [0.1, 0.15) is 34.8 Å². The molecule has 2 aromatic carbocycles. The van der Waals surface area contributed by atoms with Crippen LogP contribution in [-0.2, 0) is 23.7 Å². The van der Waals surface area contributed by atoms with Gasteiger partial charge < -0.3 is 20.3 Å². The molecule has 0 aromatic heterocycles. The van der Waals surface area contributed by atoms with Crippen molar-refractivity contribution in [3.05, 3.63) is 70.8 Å². The Morgan fingerprint density at radius 2 is 1.45 bits per heavy atom. The number of amides is 1. The molecule has 0 bridgehead atoms. The van der Waals surface area contributed by atoms with E-state index in [-0.39, 0.29) is 13.2 Å². The highest BCUT2D eigenvalue weighted by Crippen LogP contribution is 2.42. The van der Waals surface area contributed by atoms with E-state index in [2.05, 4.69) is 5.32 Å². The second kappa shape index (κ2) is 10.0. The minimum atomic E-state index is -5.18. The lowest BCUT2D eigenvalue weighted by molar-refractivity contribution is -0.147. The summed E-state index contributed by atoms with van der Waals surface area (Å²) in [5.41, 5.74) is -4.19. The van der Waals surface area contributed by atoms with Crippen molar-refractivity contribution < 1.29 is 46.1 Å². The highest BCUT2D eigenvalue weighted by Gasteiger charge is 2.43. The molecule has 0 fully saturated rings. The number of alkyl carbamates (subject to hydrolysis) is 1. The number of halogens is 6. The van der Waals surface area contributed by atoms with Gasteiger partial charge in [0.1, 0.15) is 12.7 Å². The normalized spacial score (nSPS) is 14.1. The third kappa shape index (κ3) is 6.86. The third-order valence-electron chi connectivity index (χ3n) is 4.30. The predicted octanol–water partition coefficient (Wildman–Crippen LogP) is 4.44. The summed E-state index contributed by atoms with van der Waals surface area (Å²) in [6.45, 7) is -0.423. The number of hydrogen-bond donors (Lipinski definition) is 3. The van der Waals surface area contributed by atoms with Gasteiger partial charge in [-0.1, -0.05) is 36.4 Å². The Morgan fingerprint density at radius 1 is 0.903 bits per heavy atom. The van der Waals surface area contributed by atoms with E-state index in [1.54, 1.807) is 30.3 Å². The van der Waals surface area contributed by atoms with Crippen molar-refractivity contribution in [3.63, 3.8) is 0 Å². The van der Waals surface area contributed by atoms with Crippen LogP contribution in [0.15, 0.2) is 48.5 Å². The van der Waals surface area contributed by atoms with Crippen LogP contribution in [0.4, 0.5) is 31.1 Å². The number of aliphatic hydroxyl groups is 2. The van der Waals surface area contributed by atoms with Crippen LogP contribution in [0.3, 0.4) is 0 Å². The Labute approximate surface area is 173 Å². The number of ether oxygens (including phenoxy) is 1. The molecule has 170 valence electrons. The Hall–Kier alpha value is -2.79. The van der Waals surface area contributed by atoms with Crippen LogP contribution < -0.4 is 5.32 Å². The summed E-state index contributed by atoms with van der Waals surface area (Å²) in [4.78, 5) is 11.6. The fourth-order valence-electron chi connectivity index (χ4n) is 2.82. The first-order valence-electron chi connectivity index (χ1n) is 8.99. The number of alkyl halides is 6. The second-order valence-electron chi connectivity index (χ2n) is 6.55. The SMILES string of the molecule is O=C(NCCC(O)C(O)c1c(C(F)(F)F)cccc1C(F)(F)F)OCc1ccccc1. The molecule has 0 heterocycles. The zero-order chi connectivity index (χ0) is 23.2. The zero-order valence-electron chi connectivity index (χ0n) is 15.9. The van der Waals surface area contributed by atoms with Crippen molar-refractivity contribution in [2.45, 2.75) is 37.6 Å². The molecule has 2 unspecified atom stereocenters. The topological polar surface area (TPSA) is 78.8 Å². The van der Waals surface area contributed by atoms with Crippen molar-refractivity contribution in [1.29, 1.82) is 0 Å². The van der Waals surface area contributed by atoms with Crippen LogP contribution in [0, 0.1) is 0 Å². The van der Waals surface area contributed by atoms with Gasteiger partial charge in [-0.05, 0) is 24.1 Å². The number of carbonyl (C=O) groups is 1. The fraction of sp³-hybridized carbons (Fsp3) is 0.350. The fourth-order valence-corrected chi connectivity index (χ4v) is 2.82. The van der Waals surface area contributed by atoms with Crippen molar-refractivity contribution in [2.24, 2.45) is 0 Å². The summed E-state index contributed by atoms with van der Waals surface area (Å²) >= 11 is 0. The van der Waals surface area contributed by atoms with Crippen LogP contribution >= 0.6 is 0 Å². The lowest BCUT2D eigenvalue weighted by Crippen LogP contribution is -2.31. The van der Waals surface area contributed by atoms with Gasteiger partial charge in [-0.2, -0.15) is 26.3 Å². The largest absolute Gasteiger partial charge is 0.445 e. The van der Waals surface area contributed by atoms with Crippen molar-refractivity contribution in [3.8, 4) is 0 Å². The van der Waals surface area contributed by atoms with E-state index >= 15 is 0 Å². The lowest BCUT2D eigenvalue weighted by Gasteiger charge is -2.25. The third-order valence-corrected chi connectivity index (χ3v) is 4.30. The number of nitrogens with one attached hydrogen (secondary N) is 1. The second-order valence-corrected chi connectivity index (χ2v) is 6.55. The highest BCUT2D eigenvalue weighted by molar-refractivity contribution is 5.67. The molecule has 2 aromatic rings. The molecule has 5 nitrogen and oxygen atoms in total. The maximum Gasteiger partial charge on any atom is 0.416 e. The quantitative estimate of drug-likeness (QED) is 0.544. The lowest BCUT2D eigenvalue weighted by atomic mass is 9.91. The average molecular weight is 451 g/mol. The van der Waals surface area contributed by atoms with Crippen LogP contribution in [0.25, 0.3) is 0 Å². The van der Waals surface area contributed by atoms with Gasteiger partial charge >= 0.3 is 18.4 Å². The van der Waals surface area contributed by atoms with Gasteiger partial charge in [0.15, 0.2) is 0 Å². The van der Waals surface area contributed by atoms with E-state index in [1.807, 2.05) is 0 Å². The number of aliphatic hydroxyl groups excluding tert-OH is 2. The van der Waals surface area contributed by atoms with Crippen molar-refractivity contribution >= 4 is 6.09 Å². The smallest absolute Gasteiger partial charge is 0.416 e. The summed E-state index contributed by atoms with van der Waals surface area (Å²) in [7, 11) is 0. The van der Waals surface area contributed by atoms with E-state index < -0.39 is 53.8 Å². The number of benzene rings is 2. The Morgan fingerprint density at radius 3 is 1.97 bits per heavy atom. The number of rotatable bonds is 7. The van der Waals surface area contributed by atoms with Gasteiger partial charge in [0.2, 0.25) is 0 Å². The number of hydrogen-bond acceptors (Lipinski definition) is 4. The van der Waals surface area contributed by atoms with Crippen molar-refractivity contribution in [2.75, 3.05) is 6.54 Å². The van der Waals surface area contributed by atoms with Crippen molar-refractivity contribution in [1.82, 2.24) is 5.32 Å². The average Bonchev–Trinajstić information content (AvgIpc) is 2.70. The highest BCUT2D eigenvalue weighted by atomic mass is 19.4. The maximum absolute atomic E-state index is 13.2. The molecule has 0 saturated carbocycles. The van der Waals surface area contributed by atoms with Gasteiger partial charge in [0, 0.05) is 12.1 Å². The molecule has 0 aliphatic carbocycles. The molecular weight excluding hydrogens is 432 g/mol. The summed E-state index contributed by atoms with van der Waals surface area (Å²) < 4.78 is 84.0. The van der Waals surface area contributed by atoms with E-state index in [4.69, 9.17) is 4.74 Å². The molecule has 2 atom stereocenters. The molecule has 0 spiro atoms. The molecule has 31 heavy (non-hydrogen) atoms. The Kier molecular flexibility index (Phi) is 7.91. The number of carbonyl (C=O) groups excluding carboxylic acids is 1. The molecule has 0 aliphatic heterocycles. The summed E-state index contributed by atoms with van der Waals surface area (Å²) in [6.07, 6.45) is -16.3. The summed E-state index contributed by atoms with van der Waals surface area (Å²) in [6, 6.07) is 9.95. The molecule has 0 saturated heterocycles. The molecule has 1 amide bonds. The Bertz CT molecular complexity index is 838. The van der Waals surface area contributed by atoms with Gasteiger partial charge in [0.25, 0.3) is 0 Å². The maximum atomic E-state index is 13.2. The first-order valence-corrected chi connectivity index (χ1v) is 8.99. The van der Waals surface area contributed by atoms with Crippen LogP contribution in [-0.4, -0.2) is 29.0 Å². The molecule has 3 N–H and O–H groups in total. The minimum absolute atomic E-state index is 0.0637. The standard InChI is InChI=1S/C20H19F6NO4/c21-19(22,23)13-7-4-8-14(20(24,25)26)16(13)17(29)15(28)9-10-27-18(30)31-11-12-5-2-1-3-6-12/h1-8,15,17,28-29H,9-11H2,(H,27,30). The van der Waals surface area contributed by atoms with Gasteiger partial charge in [0.05, 0.1) is 17.2 Å². The summed E-state index contributed by atoms with van der Waals surface area (Å²) in [5.74, 6) is 0. The zero-order valence-corrected chi connectivity index (χ0v) is 15.9. The molecular formula is C20H19F6NO4. The first-order chi connectivity index (χ1) is 14.4. The van der Waals surface area contributed by atoms with Crippen LogP contribution in [0.5, 0.6) is 0 Å². The first kappa shape index (κ1) is 24.5. The Balaban J connectivity index is 2.03. The van der Waals surface area contributed by atoms with Gasteiger partial charge in [-0.15, -0.1) is 0 Å². The van der Waals surface area contributed by atoms with Gasteiger partial charge in [-0.3, -0.25) is 0 Å². The van der Waals surface area contributed by atoms with E-state index in [9.17, 15) is 41.4 Å². The monoisotopic (exact) mass is 451 g/mol. The van der Waals surface area contributed by atoms with E-state index in [1.165, 1.54) is 0 Å². The molecule has 2 rings (SSSR count). The molecule has 0 radical (unpaired) electrons.